The van der Waals surface area contributed by atoms with Crippen LogP contribution in [0.2, 0.25) is 0 Å². The second-order valence-electron chi connectivity index (χ2n) is 4.03. The van der Waals surface area contributed by atoms with E-state index in [-0.39, 0.29) is 18.2 Å². The van der Waals surface area contributed by atoms with E-state index in [0.717, 1.165) is 5.75 Å². The molecule has 2 N–H and O–H groups in total. The molecule has 4 nitrogen and oxygen atoms in total. The van der Waals surface area contributed by atoms with Crippen molar-refractivity contribution in [2.45, 2.75) is 18.9 Å². The fourth-order valence-electron chi connectivity index (χ4n) is 1.20. The average molecular weight is 322 g/mol. The van der Waals surface area contributed by atoms with Crippen LogP contribution in [0.15, 0.2) is 21.2 Å². The highest BCUT2D eigenvalue weighted by Gasteiger charge is 2.21. The summed E-state index contributed by atoms with van der Waals surface area (Å²) in [4.78, 5) is 11.6. The minimum absolute atomic E-state index is 0.213. The number of hydrogen-bond acceptors (Lipinski definition) is 4. The summed E-state index contributed by atoms with van der Waals surface area (Å²) in [5.74, 6) is 0.771. The molecule has 0 aliphatic rings. The minimum atomic E-state index is -0.886. The molecule has 6 heteroatoms. The normalized spacial score (nSPS) is 14.4. The largest absolute Gasteiger partial charge is 0.444 e. The van der Waals surface area contributed by atoms with Crippen molar-refractivity contribution in [3.8, 4) is 0 Å². The van der Waals surface area contributed by atoms with Crippen LogP contribution in [0.1, 0.15) is 23.9 Å². The summed E-state index contributed by atoms with van der Waals surface area (Å²) in [5, 5.41) is 12.6. The van der Waals surface area contributed by atoms with Crippen LogP contribution in [-0.2, 0) is 0 Å². The molecule has 0 aliphatic heterocycles. The first-order valence-electron chi connectivity index (χ1n) is 5.19. The Kier molecular flexibility index (Phi) is 5.55. The molecule has 0 saturated carbocycles. The maximum atomic E-state index is 11.6. The van der Waals surface area contributed by atoms with Gasteiger partial charge in [-0.05, 0) is 53.4 Å². The van der Waals surface area contributed by atoms with Gasteiger partial charge in [-0.1, -0.05) is 0 Å². The SMILES string of the molecule is CSCCC(C)(O)CNC(=O)c1ccc(Br)o1. The summed E-state index contributed by atoms with van der Waals surface area (Å²) >= 11 is 4.79. The number of nitrogens with one attached hydrogen (secondary N) is 1. The molecule has 1 aromatic rings. The zero-order valence-electron chi connectivity index (χ0n) is 9.83. The van der Waals surface area contributed by atoms with Crippen LogP contribution in [0.25, 0.3) is 0 Å². The summed E-state index contributed by atoms with van der Waals surface area (Å²) in [7, 11) is 0. The quantitative estimate of drug-likeness (QED) is 0.843. The fourth-order valence-corrected chi connectivity index (χ4v) is 2.15. The van der Waals surface area contributed by atoms with Gasteiger partial charge in [0.15, 0.2) is 10.4 Å². The lowest BCUT2D eigenvalue weighted by Crippen LogP contribution is -2.40. The molecule has 0 bridgehead atoms. The lowest BCUT2D eigenvalue weighted by atomic mass is 10.0. The minimum Gasteiger partial charge on any atom is -0.444 e. The molecule has 0 radical (unpaired) electrons. The number of carbonyl (C=O) groups is 1. The molecule has 1 rings (SSSR count). The van der Waals surface area contributed by atoms with E-state index < -0.39 is 5.60 Å². The number of halogens is 1. The van der Waals surface area contributed by atoms with Gasteiger partial charge in [-0.3, -0.25) is 4.79 Å². The van der Waals surface area contributed by atoms with Gasteiger partial charge in [0.2, 0.25) is 0 Å². The predicted molar refractivity (Wildman–Crippen MR) is 72.4 cm³/mol. The van der Waals surface area contributed by atoms with Crippen LogP contribution >= 0.6 is 27.7 Å². The zero-order chi connectivity index (χ0) is 12.9. The third-order valence-electron chi connectivity index (χ3n) is 2.27. The van der Waals surface area contributed by atoms with Crippen LogP contribution < -0.4 is 5.32 Å². The topological polar surface area (TPSA) is 62.5 Å². The molecule has 1 atom stereocenters. The molecule has 1 unspecified atom stereocenters. The Morgan fingerprint density at radius 3 is 2.88 bits per heavy atom. The molecule has 0 spiro atoms. The number of amides is 1. The van der Waals surface area contributed by atoms with Crippen LogP contribution in [0.3, 0.4) is 0 Å². The summed E-state index contributed by atoms with van der Waals surface area (Å²) in [6.45, 7) is 1.92. The Balaban J connectivity index is 2.42. The van der Waals surface area contributed by atoms with Gasteiger partial charge in [0, 0.05) is 6.54 Å². The standard InChI is InChI=1S/C11H16BrNO3S/c1-11(15,5-6-17-2)7-13-10(14)8-3-4-9(12)16-8/h3-4,15H,5-7H2,1-2H3,(H,13,14). The Hall–Kier alpha value is -0.460. The van der Waals surface area contributed by atoms with E-state index >= 15 is 0 Å². The molecule has 0 saturated heterocycles. The molecular weight excluding hydrogens is 306 g/mol. The second-order valence-corrected chi connectivity index (χ2v) is 5.79. The molecule has 1 heterocycles. The van der Waals surface area contributed by atoms with E-state index in [4.69, 9.17) is 4.42 Å². The lowest BCUT2D eigenvalue weighted by molar-refractivity contribution is 0.0520. The predicted octanol–water partition coefficient (Wildman–Crippen LogP) is 2.28. The highest BCUT2D eigenvalue weighted by molar-refractivity contribution is 9.10. The molecular formula is C11H16BrNO3S. The summed E-state index contributed by atoms with van der Waals surface area (Å²) < 4.78 is 5.62. The van der Waals surface area contributed by atoms with E-state index in [9.17, 15) is 9.90 Å². The van der Waals surface area contributed by atoms with Gasteiger partial charge in [-0.2, -0.15) is 11.8 Å². The first-order valence-corrected chi connectivity index (χ1v) is 7.38. The van der Waals surface area contributed by atoms with Crippen molar-refractivity contribution in [1.29, 1.82) is 0 Å². The van der Waals surface area contributed by atoms with Gasteiger partial charge in [0.05, 0.1) is 5.60 Å². The van der Waals surface area contributed by atoms with Crippen molar-refractivity contribution in [3.05, 3.63) is 22.6 Å². The molecule has 0 aliphatic carbocycles. The third kappa shape index (κ3) is 5.14. The van der Waals surface area contributed by atoms with Crippen LogP contribution in [0, 0.1) is 0 Å². The average Bonchev–Trinajstić information content (AvgIpc) is 2.70. The van der Waals surface area contributed by atoms with Gasteiger partial charge in [-0.25, -0.2) is 0 Å². The van der Waals surface area contributed by atoms with Crippen LogP contribution in [0.4, 0.5) is 0 Å². The van der Waals surface area contributed by atoms with Crippen molar-refractivity contribution in [2.75, 3.05) is 18.6 Å². The summed E-state index contributed by atoms with van der Waals surface area (Å²) in [6.07, 6.45) is 2.62. The van der Waals surface area contributed by atoms with E-state index in [1.807, 2.05) is 6.26 Å². The van der Waals surface area contributed by atoms with Crippen molar-refractivity contribution >= 4 is 33.6 Å². The fraction of sp³-hybridized carbons (Fsp3) is 0.545. The lowest BCUT2D eigenvalue weighted by Gasteiger charge is -2.22. The summed E-state index contributed by atoms with van der Waals surface area (Å²) in [5.41, 5.74) is -0.886. The highest BCUT2D eigenvalue weighted by atomic mass is 79.9. The van der Waals surface area contributed by atoms with Crippen LogP contribution in [0.5, 0.6) is 0 Å². The molecule has 1 amide bonds. The number of thioether (sulfide) groups is 1. The summed E-state index contributed by atoms with van der Waals surface area (Å²) in [6, 6.07) is 3.23. The third-order valence-corrected chi connectivity index (χ3v) is 3.31. The van der Waals surface area contributed by atoms with E-state index in [2.05, 4.69) is 21.2 Å². The van der Waals surface area contributed by atoms with E-state index in [0.29, 0.717) is 11.1 Å². The Morgan fingerprint density at radius 2 is 2.35 bits per heavy atom. The molecule has 0 aromatic carbocycles. The Bertz CT molecular complexity index is 379. The number of hydrogen-bond donors (Lipinski definition) is 2. The van der Waals surface area contributed by atoms with Crippen molar-refractivity contribution < 1.29 is 14.3 Å². The van der Waals surface area contributed by atoms with E-state index in [1.165, 1.54) is 0 Å². The first-order chi connectivity index (χ1) is 7.94. The van der Waals surface area contributed by atoms with Gasteiger partial charge in [-0.15, -0.1) is 0 Å². The maximum Gasteiger partial charge on any atom is 0.287 e. The maximum absolute atomic E-state index is 11.6. The van der Waals surface area contributed by atoms with Gasteiger partial charge in [0.25, 0.3) is 5.91 Å². The number of carbonyl (C=O) groups excluding carboxylic acids is 1. The van der Waals surface area contributed by atoms with Crippen molar-refractivity contribution in [1.82, 2.24) is 5.32 Å². The molecule has 1 aromatic heterocycles. The van der Waals surface area contributed by atoms with Crippen molar-refractivity contribution in [2.24, 2.45) is 0 Å². The smallest absolute Gasteiger partial charge is 0.287 e. The van der Waals surface area contributed by atoms with Gasteiger partial charge < -0.3 is 14.8 Å². The van der Waals surface area contributed by atoms with Gasteiger partial charge >= 0.3 is 0 Å². The monoisotopic (exact) mass is 321 g/mol. The van der Waals surface area contributed by atoms with Gasteiger partial charge in [0.1, 0.15) is 0 Å². The number of furan rings is 1. The molecule has 96 valence electrons. The second kappa shape index (κ2) is 6.47. The molecule has 17 heavy (non-hydrogen) atoms. The Morgan fingerprint density at radius 1 is 1.65 bits per heavy atom. The van der Waals surface area contributed by atoms with Crippen molar-refractivity contribution in [3.63, 3.8) is 0 Å². The molecule has 0 fully saturated rings. The first kappa shape index (κ1) is 14.6. The number of rotatable bonds is 6. The zero-order valence-corrected chi connectivity index (χ0v) is 12.2. The number of aliphatic hydroxyl groups is 1. The Labute approximate surface area is 113 Å². The van der Waals surface area contributed by atoms with E-state index in [1.54, 1.807) is 30.8 Å². The van der Waals surface area contributed by atoms with Crippen LogP contribution in [-0.4, -0.2) is 35.2 Å². The highest BCUT2D eigenvalue weighted by Crippen LogP contribution is 2.15.